The number of azide groups is 1. The Morgan fingerprint density at radius 2 is 1.62 bits per heavy atom. The number of carbonyl (C=O) groups excluding carboxylic acids is 2. The van der Waals surface area contributed by atoms with Crippen molar-refractivity contribution in [2.75, 3.05) is 13.2 Å². The molecule has 0 atom stereocenters. The fraction of sp³-hybridized carbons (Fsp3) is 0.143. The van der Waals surface area contributed by atoms with Gasteiger partial charge in [0.25, 0.3) is 11.1 Å². The number of nitrogens with one attached hydrogen (secondary N) is 1. The molecule has 0 aliphatic carbocycles. The minimum Gasteiger partial charge on any atom is -0.493 e. The molecule has 1 saturated heterocycles. The number of benzene rings is 4. The van der Waals surface area contributed by atoms with E-state index in [9.17, 15) is 9.59 Å². The molecule has 10 heteroatoms. The first kappa shape index (κ1) is 30.1. The van der Waals surface area contributed by atoms with Crippen LogP contribution in [0.2, 0.25) is 5.02 Å². The van der Waals surface area contributed by atoms with Crippen LogP contribution in [0.1, 0.15) is 34.0 Å². The van der Waals surface area contributed by atoms with Crippen LogP contribution >= 0.6 is 23.4 Å². The highest BCUT2D eigenvalue weighted by molar-refractivity contribution is 8.18. The van der Waals surface area contributed by atoms with E-state index in [2.05, 4.69) is 50.2 Å². The van der Waals surface area contributed by atoms with Crippen LogP contribution in [0.15, 0.2) is 113 Å². The van der Waals surface area contributed by atoms with Crippen LogP contribution in [0, 0.1) is 0 Å². The van der Waals surface area contributed by atoms with E-state index >= 15 is 0 Å². The average Bonchev–Trinajstić information content (AvgIpc) is 3.53. The molecule has 0 radical (unpaired) electrons. The van der Waals surface area contributed by atoms with Gasteiger partial charge in [-0.05, 0) is 82.4 Å². The predicted octanol–water partition coefficient (Wildman–Crippen LogP) is 8.73. The molecular formula is C35H28ClN5O3S. The molecule has 45 heavy (non-hydrogen) atoms. The summed E-state index contributed by atoms with van der Waals surface area (Å²) in [7, 11) is 0. The second-order valence-electron chi connectivity index (χ2n) is 10.4. The van der Waals surface area contributed by atoms with Crippen LogP contribution in [0.4, 0.5) is 4.79 Å². The van der Waals surface area contributed by atoms with E-state index in [1.54, 1.807) is 6.08 Å². The maximum atomic E-state index is 11.9. The molecule has 224 valence electrons. The number of rotatable bonds is 11. The van der Waals surface area contributed by atoms with Crippen molar-refractivity contribution in [3.63, 3.8) is 0 Å². The number of ether oxygens (including phenoxy) is 1. The lowest BCUT2D eigenvalue weighted by Crippen LogP contribution is -2.17. The lowest BCUT2D eigenvalue weighted by molar-refractivity contribution is -0.115. The van der Waals surface area contributed by atoms with Gasteiger partial charge in [0.05, 0.1) is 17.6 Å². The third-order valence-electron chi connectivity index (χ3n) is 7.62. The third-order valence-corrected chi connectivity index (χ3v) is 8.67. The topological polar surface area (TPSA) is 109 Å². The minimum absolute atomic E-state index is 0.121. The van der Waals surface area contributed by atoms with Crippen molar-refractivity contribution in [1.82, 2.24) is 9.88 Å². The zero-order valence-electron chi connectivity index (χ0n) is 24.1. The van der Waals surface area contributed by atoms with E-state index in [0.29, 0.717) is 41.7 Å². The van der Waals surface area contributed by atoms with E-state index in [0.717, 1.165) is 50.6 Å². The molecule has 4 aromatic carbocycles. The molecular weight excluding hydrogens is 606 g/mol. The van der Waals surface area contributed by atoms with Crippen molar-refractivity contribution in [3.05, 3.63) is 151 Å². The summed E-state index contributed by atoms with van der Waals surface area (Å²) in [4.78, 5) is 26.7. The van der Waals surface area contributed by atoms with E-state index in [1.807, 2.05) is 72.8 Å². The Morgan fingerprint density at radius 1 is 0.933 bits per heavy atom. The molecule has 0 spiro atoms. The number of thioether (sulfide) groups is 1. The largest absolute Gasteiger partial charge is 0.493 e. The summed E-state index contributed by atoms with van der Waals surface area (Å²) < 4.78 is 8.54. The number of hydrogen-bond acceptors (Lipinski definition) is 5. The van der Waals surface area contributed by atoms with E-state index in [4.69, 9.17) is 21.9 Å². The number of hydrogen-bond donors (Lipinski definition) is 1. The highest BCUT2D eigenvalue weighted by Crippen LogP contribution is 2.38. The highest BCUT2D eigenvalue weighted by atomic mass is 35.5. The Bertz CT molecular complexity index is 1900. The van der Waals surface area contributed by atoms with Gasteiger partial charge in [-0.25, -0.2) is 0 Å². The number of nitrogens with zero attached hydrogens (tertiary/aromatic N) is 4. The van der Waals surface area contributed by atoms with Crippen LogP contribution < -0.4 is 10.1 Å². The van der Waals surface area contributed by atoms with Crippen molar-refractivity contribution >= 4 is 51.5 Å². The van der Waals surface area contributed by atoms with Gasteiger partial charge in [0.1, 0.15) is 5.75 Å². The summed E-state index contributed by atoms with van der Waals surface area (Å²) in [5.41, 5.74) is 15.3. The quantitative estimate of drug-likeness (QED) is 0.0679. The maximum Gasteiger partial charge on any atom is 0.290 e. The van der Waals surface area contributed by atoms with E-state index in [-0.39, 0.29) is 17.2 Å². The van der Waals surface area contributed by atoms with Gasteiger partial charge in [0.2, 0.25) is 0 Å². The predicted molar refractivity (Wildman–Crippen MR) is 180 cm³/mol. The van der Waals surface area contributed by atoms with Crippen molar-refractivity contribution in [2.45, 2.75) is 18.9 Å². The second kappa shape index (κ2) is 13.8. The maximum absolute atomic E-state index is 11.9. The molecule has 2 amide bonds. The number of fused-ring (bicyclic) bond motifs is 1. The number of imide groups is 1. The van der Waals surface area contributed by atoms with Gasteiger partial charge in [-0.15, -0.1) is 0 Å². The molecule has 0 unspecified atom stereocenters. The number of carbonyl (C=O) groups is 2. The van der Waals surface area contributed by atoms with Crippen molar-refractivity contribution in [2.24, 2.45) is 5.11 Å². The first-order valence-corrected chi connectivity index (χ1v) is 15.6. The highest BCUT2D eigenvalue weighted by Gasteiger charge is 2.26. The number of halogens is 1. The molecule has 0 bridgehead atoms. The monoisotopic (exact) mass is 633 g/mol. The fourth-order valence-electron chi connectivity index (χ4n) is 5.72. The normalized spacial score (nSPS) is 13.8. The average molecular weight is 634 g/mol. The van der Waals surface area contributed by atoms with Gasteiger partial charge in [-0.2, -0.15) is 0 Å². The Balaban J connectivity index is 1.35. The molecule has 1 fully saturated rings. The SMILES string of the molecule is [N-]=[N+]=NCCc1c(CCOc2ccc(C=C3SC(=O)NC3=O)cc2)c2cc(Cl)ccc2n1C(c1ccccc1)c1ccccc1. The first-order chi connectivity index (χ1) is 22.0. The van der Waals surface area contributed by atoms with Crippen molar-refractivity contribution < 1.29 is 14.3 Å². The zero-order valence-corrected chi connectivity index (χ0v) is 25.7. The Hall–Kier alpha value is -4.95. The summed E-state index contributed by atoms with van der Waals surface area (Å²) in [6.07, 6.45) is 2.81. The zero-order chi connectivity index (χ0) is 31.2. The third kappa shape index (κ3) is 6.76. The van der Waals surface area contributed by atoms with Gasteiger partial charge >= 0.3 is 0 Å². The smallest absolute Gasteiger partial charge is 0.290 e. The molecule has 1 N–H and O–H groups in total. The van der Waals surface area contributed by atoms with E-state index in [1.165, 1.54) is 0 Å². The molecule has 1 aliphatic rings. The summed E-state index contributed by atoms with van der Waals surface area (Å²) in [5, 5.41) is 7.45. The summed E-state index contributed by atoms with van der Waals surface area (Å²) in [6.45, 7) is 0.707. The molecule has 1 aliphatic heterocycles. The molecule has 8 nitrogen and oxygen atoms in total. The van der Waals surface area contributed by atoms with Gasteiger partial charge in [-0.3, -0.25) is 14.9 Å². The van der Waals surface area contributed by atoms with Crippen LogP contribution in [0.25, 0.3) is 27.4 Å². The number of amides is 2. The Kier molecular flexibility index (Phi) is 9.22. The lowest BCUT2D eigenvalue weighted by atomic mass is 9.97. The first-order valence-electron chi connectivity index (χ1n) is 14.4. The molecule has 1 aromatic heterocycles. The minimum atomic E-state index is -0.386. The van der Waals surface area contributed by atoms with Gasteiger partial charge in [0, 0.05) is 39.5 Å². The van der Waals surface area contributed by atoms with Crippen molar-refractivity contribution in [3.8, 4) is 5.75 Å². The fourth-order valence-corrected chi connectivity index (χ4v) is 6.57. The lowest BCUT2D eigenvalue weighted by Gasteiger charge is -2.25. The van der Waals surface area contributed by atoms with Crippen LogP contribution in [0.5, 0.6) is 5.75 Å². The summed E-state index contributed by atoms with van der Waals surface area (Å²) in [6, 6.07) is 34.0. The molecule has 0 saturated carbocycles. The Morgan fingerprint density at radius 3 is 2.24 bits per heavy atom. The van der Waals surface area contributed by atoms with Crippen molar-refractivity contribution in [1.29, 1.82) is 0 Å². The van der Waals surface area contributed by atoms with Gasteiger partial charge in [-0.1, -0.05) is 89.5 Å². The van der Waals surface area contributed by atoms with Crippen LogP contribution in [0.3, 0.4) is 0 Å². The summed E-state index contributed by atoms with van der Waals surface area (Å²) >= 11 is 7.45. The molecule has 2 heterocycles. The van der Waals surface area contributed by atoms with Crippen LogP contribution in [-0.2, 0) is 17.6 Å². The second-order valence-corrected chi connectivity index (χ2v) is 11.9. The van der Waals surface area contributed by atoms with Crippen LogP contribution in [-0.4, -0.2) is 28.9 Å². The van der Waals surface area contributed by atoms with Gasteiger partial charge in [0.15, 0.2) is 0 Å². The summed E-state index contributed by atoms with van der Waals surface area (Å²) in [5.74, 6) is 0.295. The standard InChI is InChI=1S/C35H28ClN5O3S/c36-26-13-16-30-29(22-26)28(18-20-44-27-14-11-23(12-15-27)21-32-34(42)39-35(43)45-32)31(17-19-38-40-37)41(30)33(24-7-3-1-4-8-24)25-9-5-2-6-10-25/h1-16,21-22,33H,17-20H2,(H,39,42,43). The molecule has 5 aromatic rings. The number of aromatic nitrogens is 1. The molecule has 6 rings (SSSR count). The van der Waals surface area contributed by atoms with Gasteiger partial charge < -0.3 is 9.30 Å². The Labute approximate surface area is 269 Å². The van der Waals surface area contributed by atoms with E-state index < -0.39 is 0 Å².